The van der Waals surface area contributed by atoms with Crippen molar-refractivity contribution in [2.75, 3.05) is 7.05 Å². The second-order valence-corrected chi connectivity index (χ2v) is 4.90. The molecule has 18 heavy (non-hydrogen) atoms. The molecule has 4 heteroatoms. The van der Waals surface area contributed by atoms with Crippen LogP contribution in [0.4, 0.5) is 0 Å². The van der Waals surface area contributed by atoms with Gasteiger partial charge in [-0.25, -0.2) is 4.98 Å². The van der Waals surface area contributed by atoms with E-state index in [-0.39, 0.29) is 11.9 Å². The van der Waals surface area contributed by atoms with Crippen LogP contribution in [-0.2, 0) is 11.2 Å². The third-order valence-corrected chi connectivity index (χ3v) is 3.35. The summed E-state index contributed by atoms with van der Waals surface area (Å²) < 4.78 is 5.74. The van der Waals surface area contributed by atoms with Crippen molar-refractivity contribution >= 4 is 5.78 Å². The van der Waals surface area contributed by atoms with Crippen LogP contribution >= 0.6 is 0 Å². The highest BCUT2D eigenvalue weighted by Crippen LogP contribution is 2.24. The first kappa shape index (κ1) is 13.0. The van der Waals surface area contributed by atoms with E-state index in [0.29, 0.717) is 18.3 Å². The minimum absolute atomic E-state index is 0.211. The smallest absolute Gasteiger partial charge is 0.213 e. The largest absolute Gasteiger partial charge is 0.474 e. The predicted octanol–water partition coefficient (Wildman–Crippen LogP) is 1.73. The zero-order chi connectivity index (χ0) is 13.0. The Balaban J connectivity index is 1.79. The minimum Gasteiger partial charge on any atom is -0.474 e. The van der Waals surface area contributed by atoms with Gasteiger partial charge in [0.25, 0.3) is 0 Å². The monoisotopic (exact) mass is 248 g/mol. The number of nitrogens with zero attached hydrogens (tertiary/aromatic N) is 1. The van der Waals surface area contributed by atoms with Crippen LogP contribution < -0.4 is 10.1 Å². The van der Waals surface area contributed by atoms with Crippen molar-refractivity contribution in [1.29, 1.82) is 0 Å². The average molecular weight is 248 g/mol. The summed E-state index contributed by atoms with van der Waals surface area (Å²) in [5.74, 6) is 0.893. The molecular weight excluding hydrogens is 228 g/mol. The van der Waals surface area contributed by atoms with Crippen LogP contribution in [-0.4, -0.2) is 30.0 Å². The SMILES string of the molecule is CN[C@H]1C[C@@H](Oc2ccc(CCC(C)=O)cn2)C1. The molecule has 98 valence electrons. The molecule has 1 fully saturated rings. The molecule has 1 N–H and O–H groups in total. The molecule has 0 aromatic carbocycles. The molecule has 0 spiro atoms. The fourth-order valence-corrected chi connectivity index (χ4v) is 2.02. The quantitative estimate of drug-likeness (QED) is 0.833. The highest BCUT2D eigenvalue weighted by molar-refractivity contribution is 5.75. The van der Waals surface area contributed by atoms with Gasteiger partial charge in [-0.1, -0.05) is 6.07 Å². The molecular formula is C14H20N2O2. The molecule has 0 amide bonds. The van der Waals surface area contributed by atoms with Gasteiger partial charge in [-0.15, -0.1) is 0 Å². The summed E-state index contributed by atoms with van der Waals surface area (Å²) in [6.45, 7) is 1.61. The average Bonchev–Trinajstić information content (AvgIpc) is 2.32. The summed E-state index contributed by atoms with van der Waals surface area (Å²) in [5, 5.41) is 3.22. The van der Waals surface area contributed by atoms with Gasteiger partial charge < -0.3 is 14.8 Å². The standard InChI is InChI=1S/C14H20N2O2/c1-10(17)3-4-11-5-6-14(16-9-11)18-13-7-12(8-13)15-2/h5-6,9,12-13,15H,3-4,7-8H2,1-2H3/t12-,13+. The maximum absolute atomic E-state index is 10.9. The van der Waals surface area contributed by atoms with Gasteiger partial charge in [-0.2, -0.15) is 0 Å². The van der Waals surface area contributed by atoms with Crippen molar-refractivity contribution < 1.29 is 9.53 Å². The molecule has 1 aromatic rings. The normalized spacial score (nSPS) is 22.3. The topological polar surface area (TPSA) is 51.2 Å². The zero-order valence-electron chi connectivity index (χ0n) is 11.0. The maximum Gasteiger partial charge on any atom is 0.213 e. The molecule has 1 aromatic heterocycles. The predicted molar refractivity (Wildman–Crippen MR) is 69.7 cm³/mol. The third-order valence-electron chi connectivity index (χ3n) is 3.35. The molecule has 0 unspecified atom stereocenters. The van der Waals surface area contributed by atoms with E-state index >= 15 is 0 Å². The number of carbonyl (C=O) groups is 1. The Labute approximate surface area is 108 Å². The van der Waals surface area contributed by atoms with Gasteiger partial charge in [0.05, 0.1) is 0 Å². The number of hydrogen-bond acceptors (Lipinski definition) is 4. The van der Waals surface area contributed by atoms with E-state index in [1.807, 2.05) is 19.2 Å². The highest BCUT2D eigenvalue weighted by atomic mass is 16.5. The number of aryl methyl sites for hydroxylation is 1. The van der Waals surface area contributed by atoms with Crippen LogP contribution in [0.2, 0.25) is 0 Å². The van der Waals surface area contributed by atoms with Gasteiger partial charge in [-0.05, 0) is 38.8 Å². The first-order valence-electron chi connectivity index (χ1n) is 6.45. The lowest BCUT2D eigenvalue weighted by Crippen LogP contribution is -2.45. The Morgan fingerprint density at radius 3 is 2.83 bits per heavy atom. The number of nitrogens with one attached hydrogen (secondary N) is 1. The molecule has 1 heterocycles. The van der Waals surface area contributed by atoms with Crippen molar-refractivity contribution in [2.24, 2.45) is 0 Å². The number of ether oxygens (including phenoxy) is 1. The van der Waals surface area contributed by atoms with Crippen LogP contribution in [0.3, 0.4) is 0 Å². The van der Waals surface area contributed by atoms with E-state index < -0.39 is 0 Å². The Hall–Kier alpha value is -1.42. The van der Waals surface area contributed by atoms with Crippen LogP contribution in [0.5, 0.6) is 5.88 Å². The summed E-state index contributed by atoms with van der Waals surface area (Å²) >= 11 is 0. The second kappa shape index (κ2) is 5.96. The van der Waals surface area contributed by atoms with E-state index in [2.05, 4.69) is 10.3 Å². The van der Waals surface area contributed by atoms with Gasteiger partial charge in [0.1, 0.15) is 11.9 Å². The number of pyridine rings is 1. The number of rotatable bonds is 6. The molecule has 0 saturated heterocycles. The van der Waals surface area contributed by atoms with Crippen molar-refractivity contribution in [1.82, 2.24) is 10.3 Å². The second-order valence-electron chi connectivity index (χ2n) is 4.90. The summed E-state index contributed by atoms with van der Waals surface area (Å²) in [6, 6.07) is 4.46. The molecule has 0 bridgehead atoms. The lowest BCUT2D eigenvalue weighted by molar-refractivity contribution is -0.116. The molecule has 2 rings (SSSR count). The highest BCUT2D eigenvalue weighted by Gasteiger charge is 2.29. The number of Topliss-reactive ketones (excluding diaryl/α,β-unsaturated/α-hetero) is 1. The van der Waals surface area contributed by atoms with Gasteiger partial charge >= 0.3 is 0 Å². The summed E-state index contributed by atoms with van der Waals surface area (Å²) in [5.41, 5.74) is 1.08. The summed E-state index contributed by atoms with van der Waals surface area (Å²) in [7, 11) is 1.98. The van der Waals surface area contributed by atoms with Gasteiger partial charge in [-0.3, -0.25) is 0 Å². The molecule has 1 aliphatic rings. The zero-order valence-corrected chi connectivity index (χ0v) is 11.0. The van der Waals surface area contributed by atoms with Crippen molar-refractivity contribution in [3.63, 3.8) is 0 Å². The van der Waals surface area contributed by atoms with Crippen LogP contribution in [0.15, 0.2) is 18.3 Å². The molecule has 4 nitrogen and oxygen atoms in total. The van der Waals surface area contributed by atoms with Gasteiger partial charge in [0, 0.05) is 24.7 Å². The van der Waals surface area contributed by atoms with Crippen LogP contribution in [0.25, 0.3) is 0 Å². The Kier molecular flexibility index (Phi) is 4.31. The Morgan fingerprint density at radius 2 is 2.28 bits per heavy atom. The fraction of sp³-hybridized carbons (Fsp3) is 0.571. The van der Waals surface area contributed by atoms with E-state index in [4.69, 9.17) is 4.74 Å². The van der Waals surface area contributed by atoms with Crippen molar-refractivity contribution in [3.05, 3.63) is 23.9 Å². The summed E-state index contributed by atoms with van der Waals surface area (Å²) in [4.78, 5) is 15.2. The van der Waals surface area contributed by atoms with E-state index in [9.17, 15) is 4.79 Å². The van der Waals surface area contributed by atoms with Gasteiger partial charge in [0.2, 0.25) is 5.88 Å². The number of ketones is 1. The van der Waals surface area contributed by atoms with Crippen LogP contribution in [0, 0.1) is 0 Å². The Morgan fingerprint density at radius 1 is 1.50 bits per heavy atom. The lowest BCUT2D eigenvalue weighted by Gasteiger charge is -2.34. The van der Waals surface area contributed by atoms with Crippen molar-refractivity contribution in [2.45, 2.75) is 44.8 Å². The lowest BCUT2D eigenvalue weighted by atomic mass is 9.89. The number of aromatic nitrogens is 1. The first-order chi connectivity index (χ1) is 8.67. The molecule has 1 saturated carbocycles. The molecule has 1 aliphatic carbocycles. The van der Waals surface area contributed by atoms with E-state index in [1.54, 1.807) is 13.1 Å². The number of hydrogen-bond donors (Lipinski definition) is 1. The van der Waals surface area contributed by atoms with Crippen LogP contribution in [0.1, 0.15) is 31.7 Å². The molecule has 0 atom stereocenters. The third kappa shape index (κ3) is 3.53. The maximum atomic E-state index is 10.9. The van der Waals surface area contributed by atoms with Crippen molar-refractivity contribution in [3.8, 4) is 5.88 Å². The number of carbonyl (C=O) groups excluding carboxylic acids is 1. The van der Waals surface area contributed by atoms with Gasteiger partial charge in [0.15, 0.2) is 0 Å². The minimum atomic E-state index is 0.211. The first-order valence-corrected chi connectivity index (χ1v) is 6.45. The molecule has 0 radical (unpaired) electrons. The molecule has 0 aliphatic heterocycles. The van der Waals surface area contributed by atoms with E-state index in [0.717, 1.165) is 24.8 Å². The fourth-order valence-electron chi connectivity index (χ4n) is 2.02. The van der Waals surface area contributed by atoms with E-state index in [1.165, 1.54) is 0 Å². The Bertz CT molecular complexity index is 397. The summed E-state index contributed by atoms with van der Waals surface area (Å²) in [6.07, 6.45) is 5.52.